The molecule has 1 saturated heterocycles. The van der Waals surface area contributed by atoms with E-state index in [1.807, 2.05) is 12.1 Å². The van der Waals surface area contributed by atoms with Gasteiger partial charge in [0.1, 0.15) is 0 Å². The van der Waals surface area contributed by atoms with E-state index in [1.54, 1.807) is 12.1 Å². The summed E-state index contributed by atoms with van der Waals surface area (Å²) in [6, 6.07) is 7.32. The van der Waals surface area contributed by atoms with Gasteiger partial charge in [0, 0.05) is 30.6 Å². The Hall–Kier alpha value is -1.75. The van der Waals surface area contributed by atoms with Crippen molar-refractivity contribution in [3.05, 3.63) is 34.9 Å². The van der Waals surface area contributed by atoms with Gasteiger partial charge in [0.15, 0.2) is 0 Å². The third-order valence-corrected chi connectivity index (χ3v) is 4.01. The van der Waals surface area contributed by atoms with Crippen molar-refractivity contribution in [2.75, 3.05) is 6.54 Å². The monoisotopic (exact) mass is 310 g/mol. The van der Waals surface area contributed by atoms with Crippen LogP contribution in [0, 0.1) is 0 Å². The first-order valence-electron chi connectivity index (χ1n) is 6.97. The van der Waals surface area contributed by atoms with Crippen LogP contribution in [0.4, 0.5) is 4.79 Å². The smallest absolute Gasteiger partial charge is 0.407 e. The van der Waals surface area contributed by atoms with Crippen LogP contribution >= 0.6 is 11.6 Å². The Kier molecular flexibility index (Phi) is 5.07. The Morgan fingerprint density at radius 2 is 2.05 bits per heavy atom. The van der Waals surface area contributed by atoms with E-state index in [0.717, 1.165) is 5.56 Å². The summed E-state index contributed by atoms with van der Waals surface area (Å²) in [5.74, 6) is -0.0750. The average Bonchev–Trinajstić information content (AvgIpc) is 2.40. The van der Waals surface area contributed by atoms with Gasteiger partial charge in [-0.3, -0.25) is 4.79 Å². The molecule has 0 saturated carbocycles. The molecule has 1 fully saturated rings. The normalized spacial score (nSPS) is 21.9. The van der Waals surface area contributed by atoms with E-state index in [4.69, 9.17) is 11.6 Å². The fourth-order valence-corrected chi connectivity index (χ4v) is 2.93. The van der Waals surface area contributed by atoms with Crippen LogP contribution in [0.2, 0.25) is 5.02 Å². The Morgan fingerprint density at radius 1 is 1.38 bits per heavy atom. The predicted octanol–water partition coefficient (Wildman–Crippen LogP) is 2.53. The zero-order valence-corrected chi connectivity index (χ0v) is 12.6. The van der Waals surface area contributed by atoms with Gasteiger partial charge in [0.2, 0.25) is 5.91 Å². The lowest BCUT2D eigenvalue weighted by molar-refractivity contribution is -0.120. The lowest BCUT2D eigenvalue weighted by Gasteiger charge is -2.38. The van der Waals surface area contributed by atoms with Crippen LogP contribution in [0.1, 0.15) is 25.3 Å². The van der Waals surface area contributed by atoms with E-state index < -0.39 is 6.09 Å². The highest BCUT2D eigenvalue weighted by Crippen LogP contribution is 2.22. The molecule has 1 aliphatic heterocycles. The lowest BCUT2D eigenvalue weighted by Crippen LogP contribution is -2.52. The summed E-state index contributed by atoms with van der Waals surface area (Å²) in [4.78, 5) is 24.0. The number of hydrogen-bond donors (Lipinski definition) is 2. The average molecular weight is 311 g/mol. The topological polar surface area (TPSA) is 69.6 Å². The van der Waals surface area contributed by atoms with Crippen molar-refractivity contribution < 1.29 is 14.7 Å². The fraction of sp³-hybridized carbons (Fsp3) is 0.467. The van der Waals surface area contributed by atoms with Gasteiger partial charge in [-0.15, -0.1) is 0 Å². The molecule has 1 heterocycles. The molecule has 0 bridgehead atoms. The third kappa shape index (κ3) is 4.36. The molecule has 114 valence electrons. The first kappa shape index (κ1) is 15.6. The summed E-state index contributed by atoms with van der Waals surface area (Å²) in [5.41, 5.74) is 1.04. The number of amides is 2. The molecule has 1 aromatic carbocycles. The van der Waals surface area contributed by atoms with Gasteiger partial charge in [-0.1, -0.05) is 23.7 Å². The summed E-state index contributed by atoms with van der Waals surface area (Å²) in [6.07, 6.45) is 1.01. The number of likely N-dealkylation sites (tertiary alicyclic amines) is 1. The lowest BCUT2D eigenvalue weighted by atomic mass is 9.92. The standard InChI is InChI=1S/C15H19ClN2O3/c1-10(19)17-13-6-7-18(15(20)21)14(9-13)8-11-2-4-12(16)5-3-11/h2-5,13-14H,6-9H2,1H3,(H,17,19)(H,20,21). The number of nitrogens with zero attached hydrogens (tertiary/aromatic N) is 1. The summed E-state index contributed by atoms with van der Waals surface area (Å²) in [7, 11) is 0. The minimum Gasteiger partial charge on any atom is -0.465 e. The largest absolute Gasteiger partial charge is 0.465 e. The molecule has 0 radical (unpaired) electrons. The number of nitrogens with one attached hydrogen (secondary N) is 1. The van der Waals surface area contributed by atoms with Crippen LogP contribution in [0.15, 0.2) is 24.3 Å². The highest BCUT2D eigenvalue weighted by molar-refractivity contribution is 6.30. The van der Waals surface area contributed by atoms with Gasteiger partial charge in [0.25, 0.3) is 0 Å². The van der Waals surface area contributed by atoms with E-state index in [-0.39, 0.29) is 18.0 Å². The minimum absolute atomic E-state index is 0.0374. The molecule has 0 spiro atoms. The molecule has 2 amide bonds. The molecule has 2 rings (SSSR count). The van der Waals surface area contributed by atoms with Gasteiger partial charge in [-0.05, 0) is 37.0 Å². The number of carbonyl (C=O) groups excluding carboxylic acids is 1. The second kappa shape index (κ2) is 6.80. The van der Waals surface area contributed by atoms with Crippen LogP contribution in [0.25, 0.3) is 0 Å². The van der Waals surface area contributed by atoms with Crippen molar-refractivity contribution in [3.63, 3.8) is 0 Å². The number of rotatable bonds is 3. The van der Waals surface area contributed by atoms with Crippen LogP contribution < -0.4 is 5.32 Å². The summed E-state index contributed by atoms with van der Waals surface area (Å²) in [6.45, 7) is 1.93. The maximum Gasteiger partial charge on any atom is 0.407 e. The van der Waals surface area contributed by atoms with E-state index in [0.29, 0.717) is 30.8 Å². The van der Waals surface area contributed by atoms with Crippen LogP contribution in [0.5, 0.6) is 0 Å². The third-order valence-electron chi connectivity index (χ3n) is 3.75. The van der Waals surface area contributed by atoms with Gasteiger partial charge in [0.05, 0.1) is 0 Å². The molecule has 2 unspecified atom stereocenters. The first-order valence-corrected chi connectivity index (χ1v) is 7.34. The van der Waals surface area contributed by atoms with Crippen molar-refractivity contribution >= 4 is 23.6 Å². The van der Waals surface area contributed by atoms with Crippen molar-refractivity contribution in [2.24, 2.45) is 0 Å². The Bertz CT molecular complexity index is 518. The van der Waals surface area contributed by atoms with Gasteiger partial charge < -0.3 is 15.3 Å². The van der Waals surface area contributed by atoms with Crippen LogP contribution in [-0.4, -0.2) is 40.6 Å². The van der Waals surface area contributed by atoms with Crippen molar-refractivity contribution in [2.45, 2.75) is 38.3 Å². The van der Waals surface area contributed by atoms with Crippen LogP contribution in [-0.2, 0) is 11.2 Å². The second-order valence-electron chi connectivity index (χ2n) is 5.38. The number of carboxylic acid groups (broad SMARTS) is 1. The minimum atomic E-state index is -0.907. The van der Waals surface area contributed by atoms with E-state index >= 15 is 0 Å². The number of benzene rings is 1. The molecular weight excluding hydrogens is 292 g/mol. The predicted molar refractivity (Wildman–Crippen MR) is 80.5 cm³/mol. The zero-order valence-electron chi connectivity index (χ0n) is 11.9. The number of carbonyl (C=O) groups is 2. The quantitative estimate of drug-likeness (QED) is 0.901. The Morgan fingerprint density at radius 3 is 2.62 bits per heavy atom. The highest BCUT2D eigenvalue weighted by Gasteiger charge is 2.31. The number of halogens is 1. The summed E-state index contributed by atoms with van der Waals surface area (Å²) < 4.78 is 0. The van der Waals surface area contributed by atoms with Crippen LogP contribution in [0.3, 0.4) is 0 Å². The molecule has 1 aliphatic rings. The molecule has 1 aromatic rings. The first-order chi connectivity index (χ1) is 9.95. The van der Waals surface area contributed by atoms with E-state index in [1.165, 1.54) is 11.8 Å². The van der Waals surface area contributed by atoms with Crippen molar-refractivity contribution in [1.29, 1.82) is 0 Å². The molecular formula is C15H19ClN2O3. The van der Waals surface area contributed by atoms with Gasteiger partial charge in [-0.25, -0.2) is 4.79 Å². The summed E-state index contributed by atoms with van der Waals surface area (Å²) >= 11 is 5.86. The highest BCUT2D eigenvalue weighted by atomic mass is 35.5. The SMILES string of the molecule is CC(=O)NC1CCN(C(=O)O)C(Cc2ccc(Cl)cc2)C1. The Labute approximate surface area is 128 Å². The summed E-state index contributed by atoms with van der Waals surface area (Å²) in [5, 5.41) is 12.9. The van der Waals surface area contributed by atoms with Crippen molar-refractivity contribution in [3.8, 4) is 0 Å². The van der Waals surface area contributed by atoms with E-state index in [2.05, 4.69) is 5.32 Å². The van der Waals surface area contributed by atoms with E-state index in [9.17, 15) is 14.7 Å². The van der Waals surface area contributed by atoms with Gasteiger partial charge >= 0.3 is 6.09 Å². The number of hydrogen-bond acceptors (Lipinski definition) is 2. The molecule has 21 heavy (non-hydrogen) atoms. The zero-order chi connectivity index (χ0) is 15.4. The molecule has 2 atom stereocenters. The molecule has 5 nitrogen and oxygen atoms in total. The second-order valence-corrected chi connectivity index (χ2v) is 5.82. The molecule has 6 heteroatoms. The molecule has 0 aromatic heterocycles. The maximum atomic E-state index is 11.4. The molecule has 2 N–H and O–H groups in total. The van der Waals surface area contributed by atoms with Gasteiger partial charge in [-0.2, -0.15) is 0 Å². The Balaban J connectivity index is 2.08. The fourth-order valence-electron chi connectivity index (χ4n) is 2.81. The molecule has 0 aliphatic carbocycles. The van der Waals surface area contributed by atoms with Crippen molar-refractivity contribution in [1.82, 2.24) is 10.2 Å². The number of piperidine rings is 1. The maximum absolute atomic E-state index is 11.4.